The van der Waals surface area contributed by atoms with Crippen molar-refractivity contribution >= 4 is 12.0 Å². The van der Waals surface area contributed by atoms with E-state index < -0.39 is 5.97 Å². The van der Waals surface area contributed by atoms with Crippen LogP contribution < -0.4 is 10.6 Å². The Morgan fingerprint density at radius 3 is 2.53 bits per heavy atom. The number of urea groups is 1. The number of amides is 2. The Morgan fingerprint density at radius 1 is 1.37 bits per heavy atom. The van der Waals surface area contributed by atoms with Gasteiger partial charge in [0.2, 0.25) is 0 Å². The van der Waals surface area contributed by atoms with Crippen LogP contribution in [0.15, 0.2) is 12.7 Å². The second-order valence-corrected chi connectivity index (χ2v) is 5.63. The first kappa shape index (κ1) is 17.5. The van der Waals surface area contributed by atoms with E-state index in [1.807, 2.05) is 20.8 Å². The summed E-state index contributed by atoms with van der Waals surface area (Å²) in [6.45, 7) is 10.1. The van der Waals surface area contributed by atoms with E-state index in [4.69, 9.17) is 5.11 Å². The van der Waals surface area contributed by atoms with Crippen molar-refractivity contribution < 1.29 is 14.7 Å². The zero-order valence-electron chi connectivity index (χ0n) is 12.2. The second kappa shape index (κ2) is 8.56. The number of rotatable bonds is 9. The minimum absolute atomic E-state index is 0.0671. The van der Waals surface area contributed by atoms with Gasteiger partial charge in [-0.3, -0.25) is 4.79 Å². The fraction of sp³-hybridized carbons (Fsp3) is 0.714. The van der Waals surface area contributed by atoms with Crippen LogP contribution in [-0.2, 0) is 4.79 Å². The van der Waals surface area contributed by atoms with Gasteiger partial charge in [0.25, 0.3) is 0 Å². The molecule has 0 aliphatic carbocycles. The van der Waals surface area contributed by atoms with Gasteiger partial charge < -0.3 is 15.7 Å². The highest BCUT2D eigenvalue weighted by Crippen LogP contribution is 2.25. The third kappa shape index (κ3) is 10.1. The molecule has 0 heterocycles. The average molecular weight is 270 g/mol. The predicted molar refractivity (Wildman–Crippen MR) is 76.1 cm³/mol. The Kier molecular flexibility index (Phi) is 7.87. The summed E-state index contributed by atoms with van der Waals surface area (Å²) in [5.74, 6) is -0.781. The fourth-order valence-electron chi connectivity index (χ4n) is 1.67. The number of carbonyl (C=O) groups excluding carboxylic acids is 1. The Morgan fingerprint density at radius 2 is 2.00 bits per heavy atom. The monoisotopic (exact) mass is 270 g/mol. The van der Waals surface area contributed by atoms with Crippen LogP contribution in [-0.4, -0.2) is 29.7 Å². The summed E-state index contributed by atoms with van der Waals surface area (Å²) in [5.41, 5.74) is -0.0849. The number of aliphatic carboxylic acids is 1. The first-order valence-electron chi connectivity index (χ1n) is 6.64. The molecule has 0 aliphatic rings. The van der Waals surface area contributed by atoms with E-state index in [0.29, 0.717) is 13.0 Å². The minimum Gasteiger partial charge on any atom is -0.481 e. The summed E-state index contributed by atoms with van der Waals surface area (Å²) in [5, 5.41) is 14.2. The molecule has 0 bridgehead atoms. The summed E-state index contributed by atoms with van der Waals surface area (Å²) in [4.78, 5) is 22.1. The Bertz CT molecular complexity index is 314. The normalized spacial score (nSPS) is 12.6. The number of hydrogen-bond acceptors (Lipinski definition) is 2. The molecule has 5 heteroatoms. The summed E-state index contributed by atoms with van der Waals surface area (Å²) in [6.07, 6.45) is 4.02. The Balaban J connectivity index is 3.85. The quantitative estimate of drug-likeness (QED) is 0.563. The van der Waals surface area contributed by atoms with Crippen molar-refractivity contribution in [1.82, 2.24) is 10.6 Å². The summed E-state index contributed by atoms with van der Waals surface area (Å²) < 4.78 is 0. The number of nitrogens with one attached hydrogen (secondary N) is 2. The Hall–Kier alpha value is -1.52. The van der Waals surface area contributed by atoms with Gasteiger partial charge in [-0.2, -0.15) is 0 Å². The highest BCUT2D eigenvalue weighted by Gasteiger charge is 2.19. The SMILES string of the molecule is C=CCC(C)NC(=O)NCCC(C)(C)CCC(=O)O. The van der Waals surface area contributed by atoms with Gasteiger partial charge in [0, 0.05) is 19.0 Å². The van der Waals surface area contributed by atoms with E-state index >= 15 is 0 Å². The molecule has 0 spiro atoms. The van der Waals surface area contributed by atoms with Crippen molar-refractivity contribution in [1.29, 1.82) is 0 Å². The zero-order valence-corrected chi connectivity index (χ0v) is 12.2. The topological polar surface area (TPSA) is 78.4 Å². The van der Waals surface area contributed by atoms with Gasteiger partial charge >= 0.3 is 12.0 Å². The lowest BCUT2D eigenvalue weighted by molar-refractivity contribution is -0.137. The van der Waals surface area contributed by atoms with E-state index in [9.17, 15) is 9.59 Å². The highest BCUT2D eigenvalue weighted by atomic mass is 16.4. The molecule has 1 unspecified atom stereocenters. The molecule has 0 saturated heterocycles. The molecule has 0 radical (unpaired) electrons. The fourth-order valence-corrected chi connectivity index (χ4v) is 1.67. The molecule has 110 valence electrons. The third-order valence-corrected chi connectivity index (χ3v) is 3.00. The summed E-state index contributed by atoms with van der Waals surface area (Å²) in [7, 11) is 0. The van der Waals surface area contributed by atoms with Crippen molar-refractivity contribution in [3.05, 3.63) is 12.7 Å². The molecule has 0 aromatic rings. The van der Waals surface area contributed by atoms with Crippen LogP contribution in [0.4, 0.5) is 4.79 Å². The first-order chi connectivity index (χ1) is 8.76. The van der Waals surface area contributed by atoms with Crippen LogP contribution >= 0.6 is 0 Å². The molecule has 2 amide bonds. The smallest absolute Gasteiger partial charge is 0.315 e. The number of carbonyl (C=O) groups is 2. The molecular weight excluding hydrogens is 244 g/mol. The van der Waals surface area contributed by atoms with Gasteiger partial charge in [-0.05, 0) is 31.6 Å². The lowest BCUT2D eigenvalue weighted by Gasteiger charge is -2.24. The van der Waals surface area contributed by atoms with E-state index in [1.54, 1.807) is 6.08 Å². The van der Waals surface area contributed by atoms with Crippen molar-refractivity contribution in [2.75, 3.05) is 6.54 Å². The molecule has 0 aliphatic heterocycles. The molecule has 3 N–H and O–H groups in total. The number of carboxylic acids is 1. The van der Waals surface area contributed by atoms with Crippen LogP contribution in [0.5, 0.6) is 0 Å². The molecular formula is C14H26N2O3. The maximum Gasteiger partial charge on any atom is 0.315 e. The standard InChI is InChI=1S/C14H26N2O3/c1-5-6-11(2)16-13(19)15-10-9-14(3,4)8-7-12(17)18/h5,11H,1,6-10H2,2-4H3,(H,17,18)(H2,15,16,19). The van der Waals surface area contributed by atoms with Crippen molar-refractivity contribution in [2.45, 2.75) is 52.5 Å². The van der Waals surface area contributed by atoms with Crippen LogP contribution in [0.2, 0.25) is 0 Å². The Labute approximate surface area is 115 Å². The van der Waals surface area contributed by atoms with E-state index in [1.165, 1.54) is 0 Å². The lowest BCUT2D eigenvalue weighted by atomic mass is 9.84. The van der Waals surface area contributed by atoms with E-state index in [0.717, 1.165) is 12.8 Å². The molecule has 1 atom stereocenters. The first-order valence-corrected chi connectivity index (χ1v) is 6.64. The molecule has 0 aromatic carbocycles. The minimum atomic E-state index is -0.781. The molecule has 19 heavy (non-hydrogen) atoms. The highest BCUT2D eigenvalue weighted by molar-refractivity contribution is 5.74. The van der Waals surface area contributed by atoms with Gasteiger partial charge in [-0.1, -0.05) is 19.9 Å². The maximum atomic E-state index is 11.5. The van der Waals surface area contributed by atoms with Gasteiger partial charge in [-0.25, -0.2) is 4.79 Å². The predicted octanol–water partition coefficient (Wildman–Crippen LogP) is 2.53. The average Bonchev–Trinajstić information content (AvgIpc) is 2.26. The molecule has 0 rings (SSSR count). The molecule has 5 nitrogen and oxygen atoms in total. The zero-order chi connectivity index (χ0) is 14.9. The van der Waals surface area contributed by atoms with Gasteiger partial charge in [0.15, 0.2) is 0 Å². The number of hydrogen-bond donors (Lipinski definition) is 3. The lowest BCUT2D eigenvalue weighted by Crippen LogP contribution is -2.41. The van der Waals surface area contributed by atoms with Gasteiger partial charge in [-0.15, -0.1) is 6.58 Å². The van der Waals surface area contributed by atoms with E-state index in [2.05, 4.69) is 17.2 Å². The number of carboxylic acid groups (broad SMARTS) is 1. The van der Waals surface area contributed by atoms with E-state index in [-0.39, 0.29) is 23.9 Å². The summed E-state index contributed by atoms with van der Waals surface area (Å²) >= 11 is 0. The molecule has 0 saturated carbocycles. The summed E-state index contributed by atoms with van der Waals surface area (Å²) in [6, 6.07) is -0.124. The van der Waals surface area contributed by atoms with Crippen molar-refractivity contribution in [3.63, 3.8) is 0 Å². The van der Waals surface area contributed by atoms with Gasteiger partial charge in [0.1, 0.15) is 0 Å². The van der Waals surface area contributed by atoms with Crippen LogP contribution in [0.3, 0.4) is 0 Å². The van der Waals surface area contributed by atoms with Crippen LogP contribution in [0, 0.1) is 5.41 Å². The van der Waals surface area contributed by atoms with Crippen LogP contribution in [0.25, 0.3) is 0 Å². The van der Waals surface area contributed by atoms with Crippen molar-refractivity contribution in [2.24, 2.45) is 5.41 Å². The third-order valence-electron chi connectivity index (χ3n) is 3.00. The molecule has 0 aromatic heterocycles. The molecule has 0 fully saturated rings. The van der Waals surface area contributed by atoms with Gasteiger partial charge in [0.05, 0.1) is 0 Å². The van der Waals surface area contributed by atoms with Crippen molar-refractivity contribution in [3.8, 4) is 0 Å². The largest absolute Gasteiger partial charge is 0.481 e. The second-order valence-electron chi connectivity index (χ2n) is 5.63. The van der Waals surface area contributed by atoms with Crippen LogP contribution in [0.1, 0.15) is 46.5 Å². The maximum absolute atomic E-state index is 11.5.